The number of carboxylic acid groups (broad SMARTS) is 1. The van der Waals surface area contributed by atoms with E-state index in [2.05, 4.69) is 11.6 Å². The number of carbonyl (C=O) groups is 2. The molecular formula is C33H35N3O6. The van der Waals surface area contributed by atoms with Crippen molar-refractivity contribution in [3.05, 3.63) is 92.4 Å². The Hall–Kier alpha value is -4.53. The molecule has 1 unspecified atom stereocenters. The van der Waals surface area contributed by atoms with Crippen molar-refractivity contribution in [1.29, 1.82) is 0 Å². The lowest BCUT2D eigenvalue weighted by atomic mass is 9.68. The van der Waals surface area contributed by atoms with Gasteiger partial charge in [0.15, 0.2) is 11.5 Å². The number of methoxy groups -OCH3 is 1. The Balaban J connectivity index is 1.86. The number of fused-ring (bicyclic) bond motifs is 1. The molecule has 3 heterocycles. The second-order valence-corrected chi connectivity index (χ2v) is 11.7. The lowest BCUT2D eigenvalue weighted by Gasteiger charge is -2.39. The number of aromatic carboxylic acids is 1. The van der Waals surface area contributed by atoms with E-state index in [-0.39, 0.29) is 40.8 Å². The maximum Gasteiger partial charge on any atom is 0.354 e. The molecule has 0 saturated heterocycles. The molecule has 2 aliphatic rings. The summed E-state index contributed by atoms with van der Waals surface area (Å²) in [5.41, 5.74) is 2.76. The van der Waals surface area contributed by atoms with Crippen LogP contribution in [0, 0.1) is 19.3 Å². The number of Topliss-reactive ketones (excluding diaryl/α,β-unsaturated/α-hetero) is 1. The Labute approximate surface area is 244 Å². The summed E-state index contributed by atoms with van der Waals surface area (Å²) in [4.78, 5) is 49.1. The minimum absolute atomic E-state index is 0.0453. The molecule has 0 fully saturated rings. The third-order valence-electron chi connectivity index (χ3n) is 8.42. The molecule has 5 rings (SSSR count). The molecule has 1 aliphatic carbocycles. The van der Waals surface area contributed by atoms with Crippen LogP contribution in [-0.2, 0) is 11.8 Å². The van der Waals surface area contributed by atoms with E-state index >= 15 is 0 Å². The number of pyridine rings is 1. The zero-order valence-corrected chi connectivity index (χ0v) is 25.0. The molecule has 3 aromatic rings. The van der Waals surface area contributed by atoms with Crippen molar-refractivity contribution in [1.82, 2.24) is 14.5 Å². The van der Waals surface area contributed by atoms with Gasteiger partial charge >= 0.3 is 5.97 Å². The average molecular weight is 570 g/mol. The fourth-order valence-corrected chi connectivity index (χ4v) is 6.12. The molecule has 1 aliphatic heterocycles. The van der Waals surface area contributed by atoms with Crippen LogP contribution in [0.1, 0.15) is 84.0 Å². The number of allylic oxidation sites excluding steroid dienone is 3. The predicted molar refractivity (Wildman–Crippen MR) is 158 cm³/mol. The highest BCUT2D eigenvalue weighted by Crippen LogP contribution is 2.52. The second-order valence-electron chi connectivity index (χ2n) is 11.7. The van der Waals surface area contributed by atoms with Crippen LogP contribution < -0.4 is 15.0 Å². The van der Waals surface area contributed by atoms with Crippen LogP contribution in [-0.4, -0.2) is 38.5 Å². The molecule has 0 bridgehead atoms. The summed E-state index contributed by atoms with van der Waals surface area (Å²) in [6.07, 6.45) is 2.41. The van der Waals surface area contributed by atoms with Crippen molar-refractivity contribution in [2.75, 3.05) is 7.11 Å². The molecular weight excluding hydrogens is 534 g/mol. The van der Waals surface area contributed by atoms with E-state index in [0.717, 1.165) is 0 Å². The van der Waals surface area contributed by atoms with Crippen molar-refractivity contribution >= 4 is 11.8 Å². The number of hydrogen-bond acceptors (Lipinski definition) is 7. The maximum atomic E-state index is 14.1. The van der Waals surface area contributed by atoms with E-state index in [0.29, 0.717) is 57.3 Å². The molecule has 42 heavy (non-hydrogen) atoms. The molecule has 9 heteroatoms. The molecule has 0 radical (unpaired) electrons. The number of ketones is 1. The SMILES string of the molecule is C=CC1(C)CC(=O)C2=C(C1)Oc1nc(C(C)C)n(C)c(=O)c1[C@H]2c1c(OC)ccc(-c2ccc(C)c(C(=O)O)n2)c1C. The van der Waals surface area contributed by atoms with Crippen molar-refractivity contribution in [3.8, 4) is 22.9 Å². The number of benzene rings is 1. The standard InChI is InChI=1S/C33H35N3O6/c1-9-33(6)14-21(37)25-23(15-33)42-30-27(31(38)36(7)29(35-30)16(2)3)26(25)24-18(5)19(11-13-22(24)41-8)20-12-10-17(4)28(34-20)32(39)40/h9-13,16,26H,1,14-15H2,2-8H3,(H,39,40)/t26-,33?/m0/s1. The lowest BCUT2D eigenvalue weighted by Crippen LogP contribution is -2.38. The number of carboxylic acids is 1. The van der Waals surface area contributed by atoms with Gasteiger partial charge in [0.1, 0.15) is 17.3 Å². The van der Waals surface area contributed by atoms with Gasteiger partial charge in [-0.3, -0.25) is 14.2 Å². The lowest BCUT2D eigenvalue weighted by molar-refractivity contribution is -0.118. The van der Waals surface area contributed by atoms with Gasteiger partial charge in [-0.15, -0.1) is 6.58 Å². The first-order valence-electron chi connectivity index (χ1n) is 13.9. The number of aromatic nitrogens is 3. The summed E-state index contributed by atoms with van der Waals surface area (Å²) in [5.74, 6) is -0.440. The number of aryl methyl sites for hydroxylation is 1. The third-order valence-corrected chi connectivity index (χ3v) is 8.42. The summed E-state index contributed by atoms with van der Waals surface area (Å²) in [7, 11) is 3.21. The van der Waals surface area contributed by atoms with Crippen molar-refractivity contribution in [2.24, 2.45) is 12.5 Å². The average Bonchev–Trinajstić information content (AvgIpc) is 2.93. The van der Waals surface area contributed by atoms with E-state index in [9.17, 15) is 19.5 Å². The highest BCUT2D eigenvalue weighted by Gasteiger charge is 2.46. The molecule has 0 spiro atoms. The van der Waals surface area contributed by atoms with Gasteiger partial charge in [-0.05, 0) is 48.6 Å². The summed E-state index contributed by atoms with van der Waals surface area (Å²) >= 11 is 0. The van der Waals surface area contributed by atoms with Gasteiger partial charge in [0.2, 0.25) is 5.88 Å². The van der Waals surface area contributed by atoms with Crippen LogP contribution in [0.2, 0.25) is 0 Å². The van der Waals surface area contributed by atoms with Crippen LogP contribution >= 0.6 is 0 Å². The van der Waals surface area contributed by atoms with Crippen molar-refractivity contribution < 1.29 is 24.2 Å². The van der Waals surface area contributed by atoms with Gasteiger partial charge < -0.3 is 14.6 Å². The molecule has 2 aromatic heterocycles. The van der Waals surface area contributed by atoms with Gasteiger partial charge in [-0.2, -0.15) is 4.98 Å². The van der Waals surface area contributed by atoms with Gasteiger partial charge in [-0.25, -0.2) is 9.78 Å². The van der Waals surface area contributed by atoms with E-state index < -0.39 is 17.3 Å². The van der Waals surface area contributed by atoms with Gasteiger partial charge in [0.25, 0.3) is 5.56 Å². The van der Waals surface area contributed by atoms with Crippen molar-refractivity contribution in [3.63, 3.8) is 0 Å². The Morgan fingerprint density at radius 3 is 2.50 bits per heavy atom. The van der Waals surface area contributed by atoms with Crippen LogP contribution in [0.25, 0.3) is 11.3 Å². The van der Waals surface area contributed by atoms with E-state index in [1.54, 1.807) is 38.2 Å². The number of nitrogens with zero attached hydrogens (tertiary/aromatic N) is 3. The first-order chi connectivity index (χ1) is 19.8. The van der Waals surface area contributed by atoms with Crippen LogP contribution in [0.5, 0.6) is 11.6 Å². The topological polar surface area (TPSA) is 121 Å². The molecule has 1 aromatic carbocycles. The Morgan fingerprint density at radius 2 is 1.88 bits per heavy atom. The molecule has 0 amide bonds. The van der Waals surface area contributed by atoms with Gasteiger partial charge in [0, 0.05) is 42.5 Å². The van der Waals surface area contributed by atoms with Crippen molar-refractivity contribution in [2.45, 2.75) is 59.3 Å². The zero-order valence-electron chi connectivity index (χ0n) is 25.0. The predicted octanol–water partition coefficient (Wildman–Crippen LogP) is 5.62. The van der Waals surface area contributed by atoms with E-state index in [1.807, 2.05) is 33.8 Å². The normalized spacial score (nSPS) is 19.7. The number of ether oxygens (including phenoxy) is 2. The quantitative estimate of drug-likeness (QED) is 0.380. The Kier molecular flexibility index (Phi) is 7.17. The van der Waals surface area contributed by atoms with E-state index in [4.69, 9.17) is 14.5 Å². The third kappa shape index (κ3) is 4.53. The molecule has 2 atom stereocenters. The minimum atomic E-state index is -1.12. The monoisotopic (exact) mass is 569 g/mol. The highest BCUT2D eigenvalue weighted by atomic mass is 16.5. The molecule has 9 nitrogen and oxygen atoms in total. The van der Waals surface area contributed by atoms with Gasteiger partial charge in [0.05, 0.1) is 24.3 Å². The van der Waals surface area contributed by atoms with Crippen LogP contribution in [0.15, 0.2) is 53.0 Å². The summed E-state index contributed by atoms with van der Waals surface area (Å²) in [6, 6.07) is 7.05. The number of hydrogen-bond donors (Lipinski definition) is 1. The second kappa shape index (κ2) is 10.4. The highest BCUT2D eigenvalue weighted by molar-refractivity contribution is 6.00. The molecule has 1 N–H and O–H groups in total. The fraction of sp³-hybridized carbons (Fsp3) is 0.364. The van der Waals surface area contributed by atoms with Crippen LogP contribution in [0.4, 0.5) is 0 Å². The zero-order chi connectivity index (χ0) is 30.7. The number of rotatable bonds is 6. The Morgan fingerprint density at radius 1 is 1.17 bits per heavy atom. The largest absolute Gasteiger partial charge is 0.496 e. The number of carbonyl (C=O) groups excluding carboxylic acids is 1. The van der Waals surface area contributed by atoms with Crippen LogP contribution in [0.3, 0.4) is 0 Å². The smallest absolute Gasteiger partial charge is 0.354 e. The minimum Gasteiger partial charge on any atom is -0.496 e. The molecule has 0 saturated carbocycles. The van der Waals surface area contributed by atoms with Gasteiger partial charge in [-0.1, -0.05) is 32.9 Å². The summed E-state index contributed by atoms with van der Waals surface area (Å²) in [5, 5.41) is 9.70. The summed E-state index contributed by atoms with van der Waals surface area (Å²) < 4.78 is 13.7. The maximum absolute atomic E-state index is 14.1. The first-order valence-corrected chi connectivity index (χ1v) is 13.9. The first kappa shape index (κ1) is 29.0. The summed E-state index contributed by atoms with van der Waals surface area (Å²) in [6.45, 7) is 13.4. The molecule has 218 valence electrons. The fourth-order valence-electron chi connectivity index (χ4n) is 6.12. The Bertz CT molecular complexity index is 1770. The van der Waals surface area contributed by atoms with E-state index in [1.165, 1.54) is 11.7 Å².